The van der Waals surface area contributed by atoms with Crippen LogP contribution in [-0.4, -0.2) is 18.3 Å². The molecule has 0 aliphatic carbocycles. The van der Waals surface area contributed by atoms with Gasteiger partial charge < -0.3 is 14.8 Å². The standard InChI is InChI=1S/C14H19NO2/c1-10(2)11(8-16)7-15-13-9-17-14-6-4-3-5-12(13)14/h3-6,9-11,15-16H,7-8H2,1-2H3. The summed E-state index contributed by atoms with van der Waals surface area (Å²) in [5.74, 6) is 0.731. The highest BCUT2D eigenvalue weighted by Gasteiger charge is 2.13. The van der Waals surface area contributed by atoms with Crippen LogP contribution in [-0.2, 0) is 0 Å². The van der Waals surface area contributed by atoms with Gasteiger partial charge in [-0.3, -0.25) is 0 Å². The molecular formula is C14H19NO2. The highest BCUT2D eigenvalue weighted by atomic mass is 16.3. The summed E-state index contributed by atoms with van der Waals surface area (Å²) in [6, 6.07) is 7.94. The number of rotatable bonds is 5. The van der Waals surface area contributed by atoms with Crippen LogP contribution in [0.4, 0.5) is 5.69 Å². The zero-order chi connectivity index (χ0) is 12.3. The van der Waals surface area contributed by atoms with Gasteiger partial charge in [0.2, 0.25) is 0 Å². The number of nitrogens with one attached hydrogen (secondary N) is 1. The normalized spacial score (nSPS) is 13.2. The summed E-state index contributed by atoms with van der Waals surface area (Å²) in [4.78, 5) is 0. The summed E-state index contributed by atoms with van der Waals surface area (Å²) >= 11 is 0. The fourth-order valence-electron chi connectivity index (χ4n) is 1.87. The highest BCUT2D eigenvalue weighted by Crippen LogP contribution is 2.25. The smallest absolute Gasteiger partial charge is 0.136 e. The maximum atomic E-state index is 9.27. The predicted molar refractivity (Wildman–Crippen MR) is 70.1 cm³/mol. The van der Waals surface area contributed by atoms with Crippen molar-refractivity contribution in [2.45, 2.75) is 13.8 Å². The number of para-hydroxylation sites is 1. The molecule has 0 bridgehead atoms. The molecule has 0 spiro atoms. The van der Waals surface area contributed by atoms with Crippen LogP contribution >= 0.6 is 0 Å². The van der Waals surface area contributed by atoms with Crippen molar-refractivity contribution in [1.29, 1.82) is 0 Å². The van der Waals surface area contributed by atoms with Crippen LogP contribution in [0.5, 0.6) is 0 Å². The van der Waals surface area contributed by atoms with Gasteiger partial charge in [0, 0.05) is 24.5 Å². The molecule has 0 aliphatic heterocycles. The van der Waals surface area contributed by atoms with Gasteiger partial charge in [-0.25, -0.2) is 0 Å². The Morgan fingerprint density at radius 1 is 1.29 bits per heavy atom. The van der Waals surface area contributed by atoms with Crippen LogP contribution in [0.2, 0.25) is 0 Å². The SMILES string of the molecule is CC(C)C(CO)CNc1coc2ccccc12. The van der Waals surface area contributed by atoms with Gasteiger partial charge >= 0.3 is 0 Å². The molecule has 1 aromatic heterocycles. The first-order valence-electron chi connectivity index (χ1n) is 6.03. The van der Waals surface area contributed by atoms with E-state index < -0.39 is 0 Å². The minimum Gasteiger partial charge on any atom is -0.462 e. The van der Waals surface area contributed by atoms with Crippen molar-refractivity contribution in [2.75, 3.05) is 18.5 Å². The molecule has 1 aromatic carbocycles. The maximum absolute atomic E-state index is 9.27. The molecule has 92 valence electrons. The van der Waals surface area contributed by atoms with E-state index in [9.17, 15) is 5.11 Å². The van der Waals surface area contributed by atoms with E-state index in [1.807, 2.05) is 24.3 Å². The number of benzene rings is 1. The Morgan fingerprint density at radius 3 is 2.76 bits per heavy atom. The lowest BCUT2D eigenvalue weighted by atomic mass is 9.97. The second-order valence-electron chi connectivity index (χ2n) is 4.71. The average Bonchev–Trinajstić information content (AvgIpc) is 2.73. The number of fused-ring (bicyclic) bond motifs is 1. The lowest BCUT2D eigenvalue weighted by molar-refractivity contribution is 0.198. The summed E-state index contributed by atoms with van der Waals surface area (Å²) < 4.78 is 5.45. The molecule has 1 heterocycles. The Labute approximate surface area is 101 Å². The summed E-state index contributed by atoms with van der Waals surface area (Å²) in [7, 11) is 0. The Morgan fingerprint density at radius 2 is 2.06 bits per heavy atom. The zero-order valence-corrected chi connectivity index (χ0v) is 10.3. The third-order valence-electron chi connectivity index (χ3n) is 3.21. The molecule has 1 atom stereocenters. The number of hydrogen-bond donors (Lipinski definition) is 2. The number of hydrogen-bond acceptors (Lipinski definition) is 3. The molecule has 2 N–H and O–H groups in total. The van der Waals surface area contributed by atoms with Crippen molar-refractivity contribution in [3.63, 3.8) is 0 Å². The van der Waals surface area contributed by atoms with Crippen LogP contribution in [0.1, 0.15) is 13.8 Å². The Bertz CT molecular complexity index is 476. The Kier molecular flexibility index (Phi) is 3.69. The fourth-order valence-corrected chi connectivity index (χ4v) is 1.87. The van der Waals surface area contributed by atoms with E-state index in [4.69, 9.17) is 4.42 Å². The monoisotopic (exact) mass is 233 g/mol. The maximum Gasteiger partial charge on any atom is 0.136 e. The molecule has 3 nitrogen and oxygen atoms in total. The number of aliphatic hydroxyl groups excluding tert-OH is 1. The fraction of sp³-hybridized carbons (Fsp3) is 0.429. The number of anilines is 1. The summed E-state index contributed by atoms with van der Waals surface area (Å²) in [6.45, 7) is 5.21. The van der Waals surface area contributed by atoms with Gasteiger partial charge in [0.05, 0.1) is 5.69 Å². The minimum absolute atomic E-state index is 0.209. The second-order valence-corrected chi connectivity index (χ2v) is 4.71. The molecule has 0 amide bonds. The van der Waals surface area contributed by atoms with Gasteiger partial charge in [-0.1, -0.05) is 26.0 Å². The quantitative estimate of drug-likeness (QED) is 0.834. The molecule has 0 radical (unpaired) electrons. The first kappa shape index (κ1) is 12.0. The van der Waals surface area contributed by atoms with Crippen molar-refractivity contribution < 1.29 is 9.52 Å². The van der Waals surface area contributed by atoms with Gasteiger partial charge in [0.1, 0.15) is 11.8 Å². The van der Waals surface area contributed by atoms with Crippen molar-refractivity contribution in [2.24, 2.45) is 11.8 Å². The van der Waals surface area contributed by atoms with Crippen molar-refractivity contribution >= 4 is 16.7 Å². The highest BCUT2D eigenvalue weighted by molar-refractivity contribution is 5.90. The lowest BCUT2D eigenvalue weighted by Gasteiger charge is -2.18. The van der Waals surface area contributed by atoms with Gasteiger partial charge in [-0.15, -0.1) is 0 Å². The van der Waals surface area contributed by atoms with E-state index in [-0.39, 0.29) is 12.5 Å². The molecule has 2 rings (SSSR count). The Balaban J connectivity index is 2.08. The molecule has 0 saturated carbocycles. The largest absolute Gasteiger partial charge is 0.462 e. The van der Waals surface area contributed by atoms with Crippen molar-refractivity contribution in [3.05, 3.63) is 30.5 Å². The van der Waals surface area contributed by atoms with Crippen LogP contribution in [0.25, 0.3) is 11.0 Å². The summed E-state index contributed by atoms with van der Waals surface area (Å²) in [6.07, 6.45) is 1.74. The number of furan rings is 1. The molecule has 0 aliphatic rings. The first-order chi connectivity index (χ1) is 8.22. The van der Waals surface area contributed by atoms with Crippen molar-refractivity contribution in [1.82, 2.24) is 0 Å². The number of aliphatic hydroxyl groups is 1. The van der Waals surface area contributed by atoms with Crippen LogP contribution in [0, 0.1) is 11.8 Å². The lowest BCUT2D eigenvalue weighted by Crippen LogP contribution is -2.22. The minimum atomic E-state index is 0.209. The van der Waals surface area contributed by atoms with Crippen LogP contribution in [0.15, 0.2) is 34.9 Å². The molecule has 3 heteroatoms. The van der Waals surface area contributed by atoms with Gasteiger partial charge in [0.25, 0.3) is 0 Å². The van der Waals surface area contributed by atoms with Crippen LogP contribution in [0.3, 0.4) is 0 Å². The summed E-state index contributed by atoms with van der Waals surface area (Å²) in [5.41, 5.74) is 1.89. The van der Waals surface area contributed by atoms with E-state index in [0.29, 0.717) is 5.92 Å². The van der Waals surface area contributed by atoms with E-state index in [0.717, 1.165) is 23.2 Å². The van der Waals surface area contributed by atoms with E-state index in [2.05, 4.69) is 19.2 Å². The first-order valence-corrected chi connectivity index (χ1v) is 6.03. The average molecular weight is 233 g/mol. The van der Waals surface area contributed by atoms with Crippen LogP contribution < -0.4 is 5.32 Å². The van der Waals surface area contributed by atoms with E-state index in [1.54, 1.807) is 6.26 Å². The summed E-state index contributed by atoms with van der Waals surface area (Å²) in [5, 5.41) is 13.7. The molecule has 1 unspecified atom stereocenters. The Hall–Kier alpha value is -1.48. The third kappa shape index (κ3) is 2.61. The predicted octanol–water partition coefficient (Wildman–Crippen LogP) is 3.11. The third-order valence-corrected chi connectivity index (χ3v) is 3.21. The zero-order valence-electron chi connectivity index (χ0n) is 10.3. The van der Waals surface area contributed by atoms with Gasteiger partial charge in [-0.05, 0) is 18.1 Å². The molecule has 0 saturated heterocycles. The molecule has 0 fully saturated rings. The van der Waals surface area contributed by atoms with Crippen molar-refractivity contribution in [3.8, 4) is 0 Å². The van der Waals surface area contributed by atoms with E-state index in [1.165, 1.54) is 0 Å². The molecule has 17 heavy (non-hydrogen) atoms. The van der Waals surface area contributed by atoms with Gasteiger partial charge in [0.15, 0.2) is 0 Å². The topological polar surface area (TPSA) is 45.4 Å². The molecule has 2 aromatic rings. The van der Waals surface area contributed by atoms with E-state index >= 15 is 0 Å². The second kappa shape index (κ2) is 5.23. The van der Waals surface area contributed by atoms with Gasteiger partial charge in [-0.2, -0.15) is 0 Å². The molecular weight excluding hydrogens is 214 g/mol.